The molecular weight excluding hydrogens is 464 g/mol. The molecule has 0 unspecified atom stereocenters. The lowest BCUT2D eigenvalue weighted by Crippen LogP contribution is -2.42. The standard InChI is InChI=1S/C19H19BrN2O6S/c20-15-3-7-17(8-4-15)29(25,26)21-16-5-1-14(2-6-16)19(24)28-13-18(23)22-9-11-27-12-10-22/h1-8,21H,9-13H2. The molecule has 2 aromatic rings. The van der Waals surface area contributed by atoms with Crippen LogP contribution >= 0.6 is 15.9 Å². The highest BCUT2D eigenvalue weighted by atomic mass is 79.9. The highest BCUT2D eigenvalue weighted by Gasteiger charge is 2.19. The molecular formula is C19H19BrN2O6S. The lowest BCUT2D eigenvalue weighted by atomic mass is 10.2. The van der Waals surface area contributed by atoms with Crippen LogP contribution in [0.2, 0.25) is 0 Å². The van der Waals surface area contributed by atoms with Crippen molar-refractivity contribution >= 4 is 43.5 Å². The largest absolute Gasteiger partial charge is 0.452 e. The van der Waals surface area contributed by atoms with Gasteiger partial charge in [-0.3, -0.25) is 9.52 Å². The van der Waals surface area contributed by atoms with Crippen molar-refractivity contribution in [2.45, 2.75) is 4.90 Å². The number of halogens is 1. The lowest BCUT2D eigenvalue weighted by Gasteiger charge is -2.26. The van der Waals surface area contributed by atoms with Crippen LogP contribution in [0.5, 0.6) is 0 Å². The van der Waals surface area contributed by atoms with Crippen LogP contribution in [0.15, 0.2) is 57.9 Å². The second kappa shape index (κ2) is 9.38. The Labute approximate surface area is 177 Å². The van der Waals surface area contributed by atoms with Crippen LogP contribution in [-0.4, -0.2) is 58.1 Å². The fourth-order valence-corrected chi connectivity index (χ4v) is 3.94. The Balaban J connectivity index is 1.57. The molecule has 154 valence electrons. The molecule has 3 rings (SSSR count). The average molecular weight is 483 g/mol. The van der Waals surface area contributed by atoms with E-state index in [0.29, 0.717) is 32.0 Å². The SMILES string of the molecule is O=C(OCC(=O)N1CCOCC1)c1ccc(NS(=O)(=O)c2ccc(Br)cc2)cc1. The third-order valence-electron chi connectivity index (χ3n) is 4.19. The van der Waals surface area contributed by atoms with Crippen molar-refractivity contribution in [2.75, 3.05) is 37.6 Å². The summed E-state index contributed by atoms with van der Waals surface area (Å²) in [6.07, 6.45) is 0. The third kappa shape index (κ3) is 5.78. The Morgan fingerprint density at radius 2 is 1.66 bits per heavy atom. The molecule has 0 aliphatic carbocycles. The highest BCUT2D eigenvalue weighted by molar-refractivity contribution is 9.10. The summed E-state index contributed by atoms with van der Waals surface area (Å²) >= 11 is 3.26. The van der Waals surface area contributed by atoms with Crippen molar-refractivity contribution in [3.8, 4) is 0 Å². The molecule has 0 aromatic heterocycles. The Kier molecular flexibility index (Phi) is 6.88. The molecule has 0 saturated carbocycles. The molecule has 2 aromatic carbocycles. The first kappa shape index (κ1) is 21.3. The van der Waals surface area contributed by atoms with Gasteiger partial charge in [0.25, 0.3) is 15.9 Å². The maximum atomic E-state index is 12.4. The van der Waals surface area contributed by atoms with Gasteiger partial charge in [0.15, 0.2) is 6.61 Å². The van der Waals surface area contributed by atoms with E-state index in [-0.39, 0.29) is 23.0 Å². The molecule has 1 saturated heterocycles. The number of hydrogen-bond donors (Lipinski definition) is 1. The number of hydrogen-bond acceptors (Lipinski definition) is 6. The number of ether oxygens (including phenoxy) is 2. The maximum Gasteiger partial charge on any atom is 0.338 e. The van der Waals surface area contributed by atoms with Crippen LogP contribution < -0.4 is 4.72 Å². The summed E-state index contributed by atoms with van der Waals surface area (Å²) in [5, 5.41) is 0. The number of carbonyl (C=O) groups is 2. The summed E-state index contributed by atoms with van der Waals surface area (Å²) in [5.74, 6) is -0.936. The Morgan fingerprint density at radius 1 is 1.03 bits per heavy atom. The van der Waals surface area contributed by atoms with Crippen molar-refractivity contribution in [1.29, 1.82) is 0 Å². The summed E-state index contributed by atoms with van der Waals surface area (Å²) in [7, 11) is -3.74. The molecule has 1 amide bonds. The quantitative estimate of drug-likeness (QED) is 0.633. The van der Waals surface area contributed by atoms with Crippen LogP contribution in [-0.2, 0) is 24.3 Å². The molecule has 8 nitrogen and oxygen atoms in total. The van der Waals surface area contributed by atoms with Crippen LogP contribution in [0.1, 0.15) is 10.4 Å². The van der Waals surface area contributed by atoms with Crippen LogP contribution in [0.25, 0.3) is 0 Å². The monoisotopic (exact) mass is 482 g/mol. The molecule has 0 spiro atoms. The molecule has 0 radical (unpaired) electrons. The minimum absolute atomic E-state index is 0.116. The van der Waals surface area contributed by atoms with Crippen molar-refractivity contribution in [3.63, 3.8) is 0 Å². The van der Waals surface area contributed by atoms with Crippen LogP contribution in [0.3, 0.4) is 0 Å². The molecule has 0 atom stereocenters. The van der Waals surface area contributed by atoms with E-state index in [9.17, 15) is 18.0 Å². The predicted molar refractivity (Wildman–Crippen MR) is 109 cm³/mol. The number of nitrogens with one attached hydrogen (secondary N) is 1. The van der Waals surface area contributed by atoms with Gasteiger partial charge in [-0.2, -0.15) is 0 Å². The van der Waals surface area contributed by atoms with E-state index in [1.54, 1.807) is 17.0 Å². The molecule has 10 heteroatoms. The molecule has 0 bridgehead atoms. The number of rotatable bonds is 6. The van der Waals surface area contributed by atoms with Gasteiger partial charge in [-0.1, -0.05) is 15.9 Å². The zero-order valence-electron chi connectivity index (χ0n) is 15.3. The third-order valence-corrected chi connectivity index (χ3v) is 6.11. The van der Waals surface area contributed by atoms with E-state index in [1.807, 2.05) is 0 Å². The Morgan fingerprint density at radius 3 is 2.28 bits per heavy atom. The minimum atomic E-state index is -3.74. The summed E-state index contributed by atoms with van der Waals surface area (Å²) in [6.45, 7) is 1.54. The van der Waals surface area contributed by atoms with Gasteiger partial charge >= 0.3 is 5.97 Å². The molecule has 1 aliphatic rings. The van der Waals surface area contributed by atoms with E-state index < -0.39 is 16.0 Å². The van der Waals surface area contributed by atoms with Crippen molar-refractivity contribution < 1.29 is 27.5 Å². The topological polar surface area (TPSA) is 102 Å². The lowest BCUT2D eigenvalue weighted by molar-refractivity contribution is -0.138. The van der Waals surface area contributed by atoms with E-state index in [0.717, 1.165) is 4.47 Å². The van der Waals surface area contributed by atoms with E-state index in [1.165, 1.54) is 36.4 Å². The molecule has 1 N–H and O–H groups in total. The summed E-state index contributed by atoms with van der Waals surface area (Å²) < 4.78 is 38.2. The number of benzene rings is 2. The number of morpholine rings is 1. The van der Waals surface area contributed by atoms with Crippen molar-refractivity contribution in [1.82, 2.24) is 4.90 Å². The second-order valence-corrected chi connectivity index (χ2v) is 8.80. The average Bonchev–Trinajstić information content (AvgIpc) is 2.73. The highest BCUT2D eigenvalue weighted by Crippen LogP contribution is 2.19. The molecule has 1 heterocycles. The van der Waals surface area contributed by atoms with Gasteiger partial charge in [-0.05, 0) is 48.5 Å². The van der Waals surface area contributed by atoms with Gasteiger partial charge in [-0.25, -0.2) is 13.2 Å². The normalized spacial score (nSPS) is 14.3. The smallest absolute Gasteiger partial charge is 0.338 e. The zero-order chi connectivity index (χ0) is 20.9. The molecule has 1 aliphatic heterocycles. The number of anilines is 1. The number of esters is 1. The maximum absolute atomic E-state index is 12.4. The first-order valence-corrected chi connectivity index (χ1v) is 11.0. The minimum Gasteiger partial charge on any atom is -0.452 e. The first-order chi connectivity index (χ1) is 13.8. The number of carbonyl (C=O) groups excluding carboxylic acids is 2. The fourth-order valence-electron chi connectivity index (χ4n) is 2.62. The van der Waals surface area contributed by atoms with Gasteiger partial charge in [0.1, 0.15) is 0 Å². The van der Waals surface area contributed by atoms with Crippen molar-refractivity contribution in [3.05, 3.63) is 58.6 Å². The fraction of sp³-hybridized carbons (Fsp3) is 0.263. The van der Waals surface area contributed by atoms with Gasteiger partial charge < -0.3 is 14.4 Å². The Bertz CT molecular complexity index is 971. The number of sulfonamides is 1. The van der Waals surface area contributed by atoms with E-state index >= 15 is 0 Å². The van der Waals surface area contributed by atoms with Gasteiger partial charge in [0.2, 0.25) is 0 Å². The van der Waals surface area contributed by atoms with Gasteiger partial charge in [-0.15, -0.1) is 0 Å². The predicted octanol–water partition coefficient (Wildman–Crippen LogP) is 2.27. The van der Waals surface area contributed by atoms with Gasteiger partial charge in [0, 0.05) is 23.2 Å². The first-order valence-electron chi connectivity index (χ1n) is 8.76. The summed E-state index contributed by atoms with van der Waals surface area (Å²) in [5.41, 5.74) is 0.514. The number of nitrogens with zero attached hydrogens (tertiary/aromatic N) is 1. The molecule has 1 fully saturated rings. The van der Waals surface area contributed by atoms with E-state index in [4.69, 9.17) is 9.47 Å². The Hall–Kier alpha value is -2.43. The van der Waals surface area contributed by atoms with Crippen LogP contribution in [0, 0.1) is 0 Å². The number of amides is 1. The van der Waals surface area contributed by atoms with Crippen molar-refractivity contribution in [2.24, 2.45) is 0 Å². The zero-order valence-corrected chi connectivity index (χ0v) is 17.7. The molecule has 29 heavy (non-hydrogen) atoms. The van der Waals surface area contributed by atoms with E-state index in [2.05, 4.69) is 20.7 Å². The van der Waals surface area contributed by atoms with Crippen LogP contribution in [0.4, 0.5) is 5.69 Å². The van der Waals surface area contributed by atoms with Gasteiger partial charge in [0.05, 0.1) is 23.7 Å². The summed E-state index contributed by atoms with van der Waals surface area (Å²) in [6, 6.07) is 12.0. The second-order valence-electron chi connectivity index (χ2n) is 6.21. The summed E-state index contributed by atoms with van der Waals surface area (Å²) in [4.78, 5) is 25.8.